The average Bonchev–Trinajstić information content (AvgIpc) is 3.29. The molecule has 0 spiro atoms. The molecule has 3 rings (SSSR count). The van der Waals surface area contributed by atoms with Crippen LogP contribution in [0.25, 0.3) is 17.5 Å². The molecule has 0 aliphatic carbocycles. The Morgan fingerprint density at radius 1 is 1.31 bits per heavy atom. The van der Waals surface area contributed by atoms with Crippen LogP contribution in [-0.4, -0.2) is 16.1 Å². The van der Waals surface area contributed by atoms with E-state index in [0.717, 1.165) is 23.8 Å². The number of aromatic nitrogens is 2. The van der Waals surface area contributed by atoms with E-state index in [2.05, 4.69) is 10.1 Å². The summed E-state index contributed by atoms with van der Waals surface area (Å²) in [5.74, 6) is -0.229. The van der Waals surface area contributed by atoms with Gasteiger partial charge in [-0.25, -0.2) is 4.79 Å². The summed E-state index contributed by atoms with van der Waals surface area (Å²) >= 11 is 1.48. The van der Waals surface area contributed by atoms with Gasteiger partial charge in [-0.2, -0.15) is 29.5 Å². The van der Waals surface area contributed by atoms with E-state index in [1.807, 2.05) is 16.8 Å². The molecular weight excluding hydrogens is 369 g/mol. The first-order valence-corrected chi connectivity index (χ1v) is 8.23. The van der Waals surface area contributed by atoms with Gasteiger partial charge in [-0.1, -0.05) is 17.3 Å². The van der Waals surface area contributed by atoms with Gasteiger partial charge in [0.2, 0.25) is 5.82 Å². The minimum atomic E-state index is -4.44. The number of benzene rings is 1. The summed E-state index contributed by atoms with van der Waals surface area (Å²) in [5, 5.41) is 7.39. The number of hydrogen-bond donors (Lipinski definition) is 0. The summed E-state index contributed by atoms with van der Waals surface area (Å²) < 4.78 is 47.9. The van der Waals surface area contributed by atoms with E-state index in [9.17, 15) is 18.0 Å². The molecule has 0 N–H and O–H groups in total. The molecule has 1 aromatic carbocycles. The predicted molar refractivity (Wildman–Crippen MR) is 87.9 cm³/mol. The second-order valence-electron chi connectivity index (χ2n) is 5.09. The summed E-state index contributed by atoms with van der Waals surface area (Å²) in [7, 11) is 0. The zero-order chi connectivity index (χ0) is 18.6. The lowest BCUT2D eigenvalue weighted by Crippen LogP contribution is -2.04. The van der Waals surface area contributed by atoms with Gasteiger partial charge < -0.3 is 9.26 Å². The van der Waals surface area contributed by atoms with Crippen LogP contribution in [-0.2, 0) is 22.3 Å². The Morgan fingerprint density at radius 2 is 2.15 bits per heavy atom. The normalized spacial score (nSPS) is 11.8. The van der Waals surface area contributed by atoms with Crippen molar-refractivity contribution in [1.82, 2.24) is 10.1 Å². The summed E-state index contributed by atoms with van der Waals surface area (Å²) in [6.45, 7) is -0.209. The third-order valence-corrected chi connectivity index (χ3v) is 3.89. The minimum Gasteiger partial charge on any atom is -0.454 e. The molecule has 2 heterocycles. The molecule has 0 saturated carbocycles. The summed E-state index contributed by atoms with van der Waals surface area (Å²) in [5.41, 5.74) is 0.210. The summed E-state index contributed by atoms with van der Waals surface area (Å²) in [6.07, 6.45) is -2.16. The SMILES string of the molecule is O=C(/C=C/c1cccc(C(F)(F)F)c1)OCc1noc(-c2ccsc2)n1. The standard InChI is InChI=1S/C17H11F3N2O3S/c18-17(19,20)13-3-1-2-11(8-13)4-5-15(23)24-9-14-21-16(25-22-14)12-6-7-26-10-12/h1-8,10H,9H2/b5-4+. The zero-order valence-corrected chi connectivity index (χ0v) is 13.9. The number of rotatable bonds is 5. The van der Waals surface area contributed by atoms with Crippen molar-refractivity contribution in [2.75, 3.05) is 0 Å². The topological polar surface area (TPSA) is 65.2 Å². The number of alkyl halides is 3. The quantitative estimate of drug-likeness (QED) is 0.479. The Kier molecular flexibility index (Phi) is 5.17. The van der Waals surface area contributed by atoms with Gasteiger partial charge in [-0.05, 0) is 35.2 Å². The van der Waals surface area contributed by atoms with Crippen molar-refractivity contribution in [3.63, 3.8) is 0 Å². The predicted octanol–water partition coefficient (Wildman–Crippen LogP) is 4.57. The first kappa shape index (κ1) is 17.9. The maximum atomic E-state index is 12.6. The number of ether oxygens (including phenoxy) is 1. The first-order valence-electron chi connectivity index (χ1n) is 7.29. The van der Waals surface area contributed by atoms with Crippen molar-refractivity contribution in [1.29, 1.82) is 0 Å². The molecule has 0 saturated heterocycles. The first-order chi connectivity index (χ1) is 12.4. The van der Waals surface area contributed by atoms with Crippen molar-refractivity contribution in [3.05, 3.63) is 64.1 Å². The van der Waals surface area contributed by atoms with Crippen LogP contribution in [0.3, 0.4) is 0 Å². The molecule has 0 bridgehead atoms. The van der Waals surface area contributed by atoms with Crippen molar-refractivity contribution >= 4 is 23.4 Å². The Bertz CT molecular complexity index is 917. The van der Waals surface area contributed by atoms with Gasteiger partial charge in [0.15, 0.2) is 6.61 Å². The maximum absolute atomic E-state index is 12.6. The van der Waals surface area contributed by atoms with Crippen molar-refractivity contribution < 1.29 is 27.2 Å². The van der Waals surface area contributed by atoms with Crippen LogP contribution in [0.2, 0.25) is 0 Å². The highest BCUT2D eigenvalue weighted by atomic mass is 32.1. The van der Waals surface area contributed by atoms with Gasteiger partial charge in [0.1, 0.15) is 0 Å². The van der Waals surface area contributed by atoms with E-state index < -0.39 is 17.7 Å². The summed E-state index contributed by atoms with van der Waals surface area (Å²) in [4.78, 5) is 15.8. The molecule has 0 atom stereocenters. The molecule has 0 amide bonds. The van der Waals surface area contributed by atoms with E-state index in [4.69, 9.17) is 9.26 Å². The molecule has 9 heteroatoms. The molecule has 26 heavy (non-hydrogen) atoms. The van der Waals surface area contributed by atoms with E-state index in [1.165, 1.54) is 29.5 Å². The molecule has 2 aromatic heterocycles. The lowest BCUT2D eigenvalue weighted by molar-refractivity contribution is -0.139. The molecule has 0 aliphatic rings. The van der Waals surface area contributed by atoms with Crippen LogP contribution in [0.15, 0.2) is 51.7 Å². The smallest absolute Gasteiger partial charge is 0.416 e. The van der Waals surface area contributed by atoms with Crippen LogP contribution in [0, 0.1) is 0 Å². The Hall–Kier alpha value is -2.94. The van der Waals surface area contributed by atoms with Crippen molar-refractivity contribution in [2.24, 2.45) is 0 Å². The molecule has 0 fully saturated rings. The minimum absolute atomic E-state index is 0.187. The Balaban J connectivity index is 1.57. The Labute approximate surface area is 149 Å². The molecule has 5 nitrogen and oxygen atoms in total. The number of carbonyl (C=O) groups excluding carboxylic acids is 1. The molecule has 0 radical (unpaired) electrons. The fourth-order valence-corrected chi connectivity index (χ4v) is 2.61. The largest absolute Gasteiger partial charge is 0.454 e. The highest BCUT2D eigenvalue weighted by Crippen LogP contribution is 2.29. The Morgan fingerprint density at radius 3 is 2.88 bits per heavy atom. The van der Waals surface area contributed by atoms with Crippen molar-refractivity contribution in [2.45, 2.75) is 12.8 Å². The van der Waals surface area contributed by atoms with E-state index in [1.54, 1.807) is 0 Å². The van der Waals surface area contributed by atoms with Gasteiger partial charge in [-0.15, -0.1) is 0 Å². The highest BCUT2D eigenvalue weighted by molar-refractivity contribution is 7.08. The fraction of sp³-hybridized carbons (Fsp3) is 0.118. The number of hydrogen-bond acceptors (Lipinski definition) is 6. The van der Waals surface area contributed by atoms with Gasteiger partial charge in [0.25, 0.3) is 5.89 Å². The second kappa shape index (κ2) is 7.52. The average molecular weight is 380 g/mol. The van der Waals surface area contributed by atoms with Crippen LogP contribution in [0.5, 0.6) is 0 Å². The highest BCUT2D eigenvalue weighted by Gasteiger charge is 2.30. The van der Waals surface area contributed by atoms with Gasteiger partial charge in [0, 0.05) is 11.5 Å². The van der Waals surface area contributed by atoms with Gasteiger partial charge >= 0.3 is 12.1 Å². The third kappa shape index (κ3) is 4.57. The number of nitrogens with zero attached hydrogens (tertiary/aromatic N) is 2. The lowest BCUT2D eigenvalue weighted by Gasteiger charge is -2.06. The number of thiophene rings is 1. The molecule has 134 valence electrons. The fourth-order valence-electron chi connectivity index (χ4n) is 1.98. The third-order valence-electron chi connectivity index (χ3n) is 3.21. The zero-order valence-electron chi connectivity index (χ0n) is 13.1. The van der Waals surface area contributed by atoms with Crippen LogP contribution in [0.4, 0.5) is 13.2 Å². The van der Waals surface area contributed by atoms with Gasteiger partial charge in [-0.3, -0.25) is 0 Å². The lowest BCUT2D eigenvalue weighted by atomic mass is 10.1. The maximum Gasteiger partial charge on any atom is 0.416 e. The molecular formula is C17H11F3N2O3S. The van der Waals surface area contributed by atoms with Crippen LogP contribution >= 0.6 is 11.3 Å². The number of carbonyl (C=O) groups is 1. The second-order valence-corrected chi connectivity index (χ2v) is 5.87. The van der Waals surface area contributed by atoms with Crippen LogP contribution < -0.4 is 0 Å². The number of halogens is 3. The van der Waals surface area contributed by atoms with Gasteiger partial charge in [0.05, 0.1) is 11.1 Å². The van der Waals surface area contributed by atoms with E-state index in [0.29, 0.717) is 5.89 Å². The van der Waals surface area contributed by atoms with Crippen LogP contribution in [0.1, 0.15) is 17.0 Å². The van der Waals surface area contributed by atoms with E-state index in [-0.39, 0.29) is 18.0 Å². The van der Waals surface area contributed by atoms with Crippen molar-refractivity contribution in [3.8, 4) is 11.5 Å². The molecule has 0 aliphatic heterocycles. The van der Waals surface area contributed by atoms with E-state index >= 15 is 0 Å². The number of esters is 1. The molecule has 0 unspecified atom stereocenters. The monoisotopic (exact) mass is 380 g/mol. The molecule has 3 aromatic rings. The summed E-state index contributed by atoms with van der Waals surface area (Å²) in [6, 6.07) is 6.42.